The molecule has 1 aromatic carbocycles. The Balaban J connectivity index is 1.58. The van der Waals surface area contributed by atoms with Crippen molar-refractivity contribution in [2.45, 2.75) is 37.6 Å². The Morgan fingerprint density at radius 1 is 1.05 bits per heavy atom. The molecule has 2 aromatic rings. The Morgan fingerprint density at radius 3 is 2.35 bits per heavy atom. The van der Waals surface area contributed by atoms with Crippen molar-refractivity contribution in [3.8, 4) is 0 Å². The number of nitrogens with one attached hydrogen (secondary N) is 2. The number of ether oxygens (including phenoxy) is 1. The van der Waals surface area contributed by atoms with Crippen LogP contribution in [-0.2, 0) is 27.7 Å². The topological polar surface area (TPSA) is 168 Å². The van der Waals surface area contributed by atoms with E-state index in [1.165, 1.54) is 33.5 Å². The zero-order valence-corrected chi connectivity index (χ0v) is 21.7. The lowest BCUT2D eigenvalue weighted by Crippen LogP contribution is -2.38. The van der Waals surface area contributed by atoms with Crippen LogP contribution in [0.2, 0.25) is 0 Å². The number of primary amides is 1. The third kappa shape index (κ3) is 5.60. The quantitative estimate of drug-likeness (QED) is 0.496. The van der Waals surface area contributed by atoms with Crippen LogP contribution in [0, 0.1) is 0 Å². The number of hydrogen-bond acceptors (Lipinski definition) is 8. The van der Waals surface area contributed by atoms with Gasteiger partial charge in [0.1, 0.15) is 5.00 Å². The molecule has 198 valence electrons. The molecular formula is C23H27N5O7S2. The molecular weight excluding hydrogens is 522 g/mol. The highest BCUT2D eigenvalue weighted by atomic mass is 32.2. The number of nitrogens with zero attached hydrogens (tertiary/aromatic N) is 2. The number of amides is 5. The molecule has 0 spiro atoms. The SMILES string of the molecule is CCOC(=O)N1CCc2c(sc(NC(=O)c3ccc(S(=O)(=O)N4CCCC4)cc3)c2C(=O)NC(N)=O)C1. The fourth-order valence-electron chi connectivity index (χ4n) is 4.31. The van der Waals surface area contributed by atoms with Crippen LogP contribution in [0.1, 0.15) is 50.9 Å². The lowest BCUT2D eigenvalue weighted by Gasteiger charge is -2.26. The van der Waals surface area contributed by atoms with Gasteiger partial charge in [0.15, 0.2) is 0 Å². The number of sulfonamides is 1. The first-order valence-electron chi connectivity index (χ1n) is 11.7. The first-order chi connectivity index (χ1) is 17.6. The highest BCUT2D eigenvalue weighted by Gasteiger charge is 2.32. The van der Waals surface area contributed by atoms with E-state index in [0.29, 0.717) is 36.5 Å². The molecule has 0 radical (unpaired) electrons. The minimum atomic E-state index is -3.62. The Bertz CT molecular complexity index is 1330. The van der Waals surface area contributed by atoms with Crippen LogP contribution in [0.25, 0.3) is 0 Å². The van der Waals surface area contributed by atoms with E-state index in [4.69, 9.17) is 10.5 Å². The molecule has 14 heteroatoms. The van der Waals surface area contributed by atoms with E-state index in [9.17, 15) is 27.6 Å². The average Bonchev–Trinajstić information content (AvgIpc) is 3.52. The van der Waals surface area contributed by atoms with Gasteiger partial charge < -0.3 is 20.7 Å². The van der Waals surface area contributed by atoms with Crippen molar-refractivity contribution in [3.05, 3.63) is 45.8 Å². The standard InChI is InChI=1S/C23H27N5O7S2/c1-2-35-23(32)27-12-9-16-17(13-27)36-21(18(16)20(30)26-22(24)31)25-19(29)14-5-7-15(8-6-14)37(33,34)28-10-3-4-11-28/h5-8H,2-4,9-13H2,1H3,(H,25,29)(H3,24,26,30,31). The number of anilines is 1. The van der Waals surface area contributed by atoms with Gasteiger partial charge in [-0.2, -0.15) is 4.31 Å². The molecule has 1 saturated heterocycles. The maximum atomic E-state index is 13.0. The second-order valence-electron chi connectivity index (χ2n) is 8.49. The van der Waals surface area contributed by atoms with E-state index >= 15 is 0 Å². The normalized spacial score (nSPS) is 15.6. The number of fused-ring (bicyclic) bond motifs is 1. The van der Waals surface area contributed by atoms with Crippen LogP contribution >= 0.6 is 11.3 Å². The third-order valence-corrected chi connectivity index (χ3v) is 9.14. The van der Waals surface area contributed by atoms with Gasteiger partial charge in [-0.25, -0.2) is 18.0 Å². The Kier molecular flexibility index (Phi) is 7.80. The molecule has 4 rings (SSSR count). The van der Waals surface area contributed by atoms with Crippen LogP contribution in [0.3, 0.4) is 0 Å². The van der Waals surface area contributed by atoms with Gasteiger partial charge >= 0.3 is 12.1 Å². The first kappa shape index (κ1) is 26.6. The second-order valence-corrected chi connectivity index (χ2v) is 11.5. The number of imide groups is 1. The highest BCUT2D eigenvalue weighted by Crippen LogP contribution is 2.37. The molecule has 4 N–H and O–H groups in total. The summed E-state index contributed by atoms with van der Waals surface area (Å²) < 4.78 is 32.0. The molecule has 2 aliphatic heterocycles. The molecule has 1 aromatic heterocycles. The largest absolute Gasteiger partial charge is 0.450 e. The van der Waals surface area contributed by atoms with Crippen LogP contribution in [-0.4, -0.2) is 67.8 Å². The first-order valence-corrected chi connectivity index (χ1v) is 14.0. The fourth-order valence-corrected chi connectivity index (χ4v) is 7.08. The average molecular weight is 550 g/mol. The molecule has 0 bridgehead atoms. The summed E-state index contributed by atoms with van der Waals surface area (Å²) in [6.45, 7) is 3.33. The van der Waals surface area contributed by atoms with E-state index in [-0.39, 0.29) is 34.2 Å². The Hall–Kier alpha value is -3.49. The number of benzene rings is 1. The summed E-state index contributed by atoms with van der Waals surface area (Å²) in [6.07, 6.45) is 1.45. The van der Waals surface area contributed by atoms with Crippen molar-refractivity contribution in [2.75, 3.05) is 31.6 Å². The van der Waals surface area contributed by atoms with Gasteiger partial charge in [-0.15, -0.1) is 11.3 Å². The van der Waals surface area contributed by atoms with Gasteiger partial charge in [0.05, 0.1) is 23.6 Å². The summed E-state index contributed by atoms with van der Waals surface area (Å²) in [5.41, 5.74) is 6.02. The minimum absolute atomic E-state index is 0.0955. The summed E-state index contributed by atoms with van der Waals surface area (Å²) in [4.78, 5) is 51.6. The van der Waals surface area contributed by atoms with Gasteiger partial charge in [0, 0.05) is 30.1 Å². The number of nitrogens with two attached hydrogens (primary N) is 1. The Labute approximate surface area is 217 Å². The molecule has 1 fully saturated rings. The van der Waals surface area contributed by atoms with Gasteiger partial charge in [-0.1, -0.05) is 0 Å². The summed E-state index contributed by atoms with van der Waals surface area (Å²) in [7, 11) is -3.62. The summed E-state index contributed by atoms with van der Waals surface area (Å²) in [5.74, 6) is -1.34. The van der Waals surface area contributed by atoms with E-state index in [2.05, 4.69) is 5.32 Å². The predicted octanol–water partition coefficient (Wildman–Crippen LogP) is 2.11. The van der Waals surface area contributed by atoms with Crippen LogP contribution in [0.5, 0.6) is 0 Å². The van der Waals surface area contributed by atoms with E-state index in [0.717, 1.165) is 24.2 Å². The zero-order valence-electron chi connectivity index (χ0n) is 20.1. The number of urea groups is 1. The van der Waals surface area contributed by atoms with Crippen molar-refractivity contribution < 1.29 is 32.3 Å². The molecule has 5 amide bonds. The minimum Gasteiger partial charge on any atom is -0.450 e. The predicted molar refractivity (Wildman–Crippen MR) is 135 cm³/mol. The van der Waals surface area contributed by atoms with E-state index < -0.39 is 34.0 Å². The van der Waals surface area contributed by atoms with Crippen LogP contribution in [0.4, 0.5) is 14.6 Å². The molecule has 0 aliphatic carbocycles. The molecule has 3 heterocycles. The zero-order chi connectivity index (χ0) is 26.7. The molecule has 37 heavy (non-hydrogen) atoms. The van der Waals surface area contributed by atoms with Gasteiger partial charge in [0.25, 0.3) is 11.8 Å². The van der Waals surface area contributed by atoms with E-state index in [1.807, 2.05) is 5.32 Å². The van der Waals surface area contributed by atoms with Crippen molar-refractivity contribution in [3.63, 3.8) is 0 Å². The van der Waals surface area contributed by atoms with Crippen molar-refractivity contribution in [1.82, 2.24) is 14.5 Å². The second kappa shape index (κ2) is 10.9. The monoisotopic (exact) mass is 549 g/mol. The van der Waals surface area contributed by atoms with Crippen LogP contribution < -0.4 is 16.4 Å². The smallest absolute Gasteiger partial charge is 0.410 e. The van der Waals surface area contributed by atoms with Gasteiger partial charge in [-0.3, -0.25) is 14.9 Å². The fraction of sp³-hybridized carbons (Fsp3) is 0.391. The number of carbonyl (C=O) groups is 4. The summed E-state index contributed by atoms with van der Waals surface area (Å²) in [5, 5.41) is 4.91. The Morgan fingerprint density at radius 2 is 1.73 bits per heavy atom. The highest BCUT2D eigenvalue weighted by molar-refractivity contribution is 7.89. The molecule has 0 saturated carbocycles. The van der Waals surface area contributed by atoms with Crippen molar-refractivity contribution in [1.29, 1.82) is 0 Å². The molecule has 2 aliphatic rings. The lowest BCUT2D eigenvalue weighted by atomic mass is 10.0. The van der Waals surface area contributed by atoms with Gasteiger partial charge in [-0.05, 0) is 56.0 Å². The third-order valence-electron chi connectivity index (χ3n) is 6.09. The molecule has 12 nitrogen and oxygen atoms in total. The number of carbonyl (C=O) groups excluding carboxylic acids is 4. The van der Waals surface area contributed by atoms with Crippen molar-refractivity contribution >= 4 is 50.3 Å². The summed E-state index contributed by atoms with van der Waals surface area (Å²) in [6, 6.07) is 4.51. The maximum Gasteiger partial charge on any atom is 0.410 e. The van der Waals surface area contributed by atoms with E-state index in [1.54, 1.807) is 6.92 Å². The van der Waals surface area contributed by atoms with Crippen molar-refractivity contribution in [2.24, 2.45) is 5.73 Å². The summed E-state index contributed by atoms with van der Waals surface area (Å²) >= 11 is 1.11. The molecule has 0 unspecified atom stereocenters. The molecule has 0 atom stereocenters. The number of hydrogen-bond donors (Lipinski definition) is 3. The number of rotatable bonds is 6. The number of thiophene rings is 1. The van der Waals surface area contributed by atoms with Gasteiger partial charge in [0.2, 0.25) is 10.0 Å². The maximum absolute atomic E-state index is 13.0. The lowest BCUT2D eigenvalue weighted by molar-refractivity contribution is 0.0965. The van der Waals surface area contributed by atoms with Crippen LogP contribution in [0.15, 0.2) is 29.2 Å².